The third-order valence-corrected chi connectivity index (χ3v) is 6.96. The first-order chi connectivity index (χ1) is 15.8. The maximum absolute atomic E-state index is 12.9. The molecule has 5 rings (SSSR count). The number of nitrogens with zero attached hydrogens (tertiary/aromatic N) is 1. The first-order valence-corrected chi connectivity index (χ1v) is 11.6. The van der Waals surface area contributed by atoms with E-state index in [1.165, 1.54) is 0 Å². The molecule has 0 fully saturated rings. The van der Waals surface area contributed by atoms with Gasteiger partial charge >= 0.3 is 0 Å². The van der Waals surface area contributed by atoms with Crippen LogP contribution in [0.1, 0.15) is 58.4 Å². The molecule has 0 amide bonds. The van der Waals surface area contributed by atoms with Gasteiger partial charge in [-0.25, -0.2) is 4.98 Å². The molecular formula is C28H29NO4. The molecule has 5 nitrogen and oxygen atoms in total. The van der Waals surface area contributed by atoms with Gasteiger partial charge in [-0.1, -0.05) is 45.9 Å². The van der Waals surface area contributed by atoms with Crippen LogP contribution in [0.5, 0.6) is 17.2 Å². The van der Waals surface area contributed by atoms with Crippen LogP contribution in [0.15, 0.2) is 53.3 Å². The highest BCUT2D eigenvalue weighted by atomic mass is 16.5. The fraction of sp³-hybridized carbons (Fsp3) is 0.357. The number of hydrogen-bond donors (Lipinski definition) is 1. The highest BCUT2D eigenvalue weighted by Crippen LogP contribution is 2.56. The molecule has 1 N–H and O–H groups in total. The zero-order valence-electron chi connectivity index (χ0n) is 19.8. The van der Waals surface area contributed by atoms with E-state index in [1.54, 1.807) is 7.11 Å². The summed E-state index contributed by atoms with van der Waals surface area (Å²) in [6, 6.07) is 9.80. The Morgan fingerprint density at radius 2 is 2.06 bits per heavy atom. The number of hydrogen-bond acceptors (Lipinski definition) is 5. The molecule has 170 valence electrons. The van der Waals surface area contributed by atoms with Crippen LogP contribution in [0.25, 0.3) is 21.8 Å². The molecule has 33 heavy (non-hydrogen) atoms. The Kier molecular flexibility index (Phi) is 4.96. The third-order valence-electron chi connectivity index (χ3n) is 6.96. The third kappa shape index (κ3) is 3.21. The minimum Gasteiger partial charge on any atom is -0.504 e. The number of phenols is 1. The van der Waals surface area contributed by atoms with E-state index in [-0.39, 0.29) is 22.9 Å². The van der Waals surface area contributed by atoms with Crippen LogP contribution < -0.4 is 9.47 Å². The lowest BCUT2D eigenvalue weighted by Crippen LogP contribution is -2.29. The number of ketones is 1. The number of methoxy groups -OCH3 is 1. The maximum Gasteiger partial charge on any atom is 0.204 e. The van der Waals surface area contributed by atoms with E-state index in [2.05, 4.69) is 20.8 Å². The van der Waals surface area contributed by atoms with Crippen molar-refractivity contribution in [1.82, 2.24) is 4.98 Å². The number of fused-ring (bicyclic) bond motifs is 4. The number of aromatic hydroxyl groups is 1. The molecular weight excluding hydrogens is 414 g/mol. The van der Waals surface area contributed by atoms with Gasteiger partial charge in [0.1, 0.15) is 5.76 Å². The lowest BCUT2D eigenvalue weighted by atomic mass is 9.70. The Hall–Kier alpha value is -3.34. The molecule has 0 bridgehead atoms. The van der Waals surface area contributed by atoms with Crippen molar-refractivity contribution in [2.45, 2.75) is 52.9 Å². The predicted octanol–water partition coefficient (Wildman–Crippen LogP) is 6.58. The number of carbonyl (C=O) groups excluding carboxylic acids is 1. The van der Waals surface area contributed by atoms with E-state index in [0.717, 1.165) is 39.8 Å². The number of pyridine rings is 1. The van der Waals surface area contributed by atoms with Crippen molar-refractivity contribution < 1.29 is 19.4 Å². The van der Waals surface area contributed by atoms with Crippen molar-refractivity contribution in [2.75, 3.05) is 7.11 Å². The van der Waals surface area contributed by atoms with Gasteiger partial charge in [-0.2, -0.15) is 0 Å². The molecule has 1 atom stereocenters. The largest absolute Gasteiger partial charge is 0.504 e. The van der Waals surface area contributed by atoms with Crippen LogP contribution in [0.2, 0.25) is 0 Å². The van der Waals surface area contributed by atoms with E-state index in [4.69, 9.17) is 14.5 Å². The lowest BCUT2D eigenvalue weighted by molar-refractivity contribution is -0.116. The van der Waals surface area contributed by atoms with Gasteiger partial charge in [0.15, 0.2) is 17.3 Å². The molecule has 2 aliphatic rings. The first kappa shape index (κ1) is 21.5. The smallest absolute Gasteiger partial charge is 0.204 e. The molecule has 2 heterocycles. The zero-order chi connectivity index (χ0) is 23.5. The Balaban J connectivity index is 1.77. The van der Waals surface area contributed by atoms with Crippen molar-refractivity contribution in [2.24, 2.45) is 5.41 Å². The summed E-state index contributed by atoms with van der Waals surface area (Å²) in [6.45, 7) is 8.31. The van der Waals surface area contributed by atoms with Gasteiger partial charge in [0.2, 0.25) is 5.75 Å². The Morgan fingerprint density at radius 1 is 1.30 bits per heavy atom. The standard InChI is InChI=1S/C28H29NO4/c1-6-9-21(30)19-13-17-15(2)23-24-18(12-16-10-7-8-11-20(16)29-24)25(31)27(32-5)26(23)33-22(17)14-28(19,3)4/h7-8,10-13,15,31H,6,9,14H2,1-5H3. The van der Waals surface area contributed by atoms with E-state index >= 15 is 0 Å². The van der Waals surface area contributed by atoms with Gasteiger partial charge in [0, 0.05) is 46.1 Å². The number of carbonyl (C=O) groups is 1. The number of benzene rings is 2. The molecule has 2 aromatic carbocycles. The monoisotopic (exact) mass is 443 g/mol. The number of allylic oxidation sites excluding steroid dienone is 4. The second-order valence-electron chi connectivity index (χ2n) is 9.70. The number of rotatable bonds is 4. The second-order valence-corrected chi connectivity index (χ2v) is 9.70. The van der Waals surface area contributed by atoms with Crippen molar-refractivity contribution in [3.05, 3.63) is 58.9 Å². The molecule has 1 unspecified atom stereocenters. The van der Waals surface area contributed by atoms with Crippen molar-refractivity contribution in [3.8, 4) is 17.2 Å². The Morgan fingerprint density at radius 3 is 2.79 bits per heavy atom. The topological polar surface area (TPSA) is 68.7 Å². The predicted molar refractivity (Wildman–Crippen MR) is 130 cm³/mol. The fourth-order valence-electron chi connectivity index (χ4n) is 5.24. The summed E-state index contributed by atoms with van der Waals surface area (Å²) in [5, 5.41) is 12.7. The maximum atomic E-state index is 12.9. The molecule has 1 aliphatic heterocycles. The van der Waals surface area contributed by atoms with E-state index in [1.807, 2.05) is 43.3 Å². The highest BCUT2D eigenvalue weighted by Gasteiger charge is 2.40. The summed E-state index contributed by atoms with van der Waals surface area (Å²) < 4.78 is 12.1. The Labute approximate surface area is 193 Å². The number of Topliss-reactive ketones (excluding diaryl/α,β-unsaturated/α-hetero) is 1. The van der Waals surface area contributed by atoms with E-state index < -0.39 is 0 Å². The number of aromatic nitrogens is 1. The number of phenolic OH excluding ortho intramolecular Hbond substituents is 1. The molecule has 1 aromatic heterocycles. The summed E-state index contributed by atoms with van der Waals surface area (Å²) in [6.07, 6.45) is 4.02. The molecule has 5 heteroatoms. The summed E-state index contributed by atoms with van der Waals surface area (Å²) in [4.78, 5) is 17.9. The van der Waals surface area contributed by atoms with Gasteiger partial charge in [-0.05, 0) is 30.2 Å². The molecule has 0 radical (unpaired) electrons. The number of ether oxygens (including phenoxy) is 2. The number of para-hydroxylation sites is 1. The summed E-state index contributed by atoms with van der Waals surface area (Å²) in [5.41, 5.74) is 3.95. The van der Waals surface area contributed by atoms with Gasteiger partial charge in [-0.15, -0.1) is 0 Å². The normalized spacial score (nSPS) is 19.1. The van der Waals surface area contributed by atoms with Crippen LogP contribution >= 0.6 is 0 Å². The minimum atomic E-state index is -0.330. The van der Waals surface area contributed by atoms with Crippen LogP contribution in [0.3, 0.4) is 0 Å². The van der Waals surface area contributed by atoms with Gasteiger partial charge in [0.25, 0.3) is 0 Å². The summed E-state index contributed by atoms with van der Waals surface area (Å²) >= 11 is 0. The van der Waals surface area contributed by atoms with E-state index in [9.17, 15) is 9.90 Å². The van der Waals surface area contributed by atoms with Crippen LogP contribution in [0, 0.1) is 5.41 Å². The lowest BCUT2D eigenvalue weighted by Gasteiger charge is -2.38. The molecule has 0 spiro atoms. The van der Waals surface area contributed by atoms with E-state index in [0.29, 0.717) is 35.2 Å². The molecule has 1 aliphatic carbocycles. The van der Waals surface area contributed by atoms with Crippen molar-refractivity contribution >= 4 is 27.6 Å². The van der Waals surface area contributed by atoms with Gasteiger partial charge < -0.3 is 14.6 Å². The summed E-state index contributed by atoms with van der Waals surface area (Å²) in [5.74, 6) is 1.82. The van der Waals surface area contributed by atoms with Crippen LogP contribution in [0.4, 0.5) is 0 Å². The van der Waals surface area contributed by atoms with Crippen molar-refractivity contribution in [1.29, 1.82) is 0 Å². The molecule has 0 saturated carbocycles. The average Bonchev–Trinajstić information content (AvgIpc) is 2.77. The van der Waals surface area contributed by atoms with Gasteiger partial charge in [0.05, 0.1) is 18.1 Å². The Bertz CT molecular complexity index is 1380. The zero-order valence-corrected chi connectivity index (χ0v) is 19.8. The molecule has 3 aromatic rings. The highest BCUT2D eigenvalue weighted by molar-refractivity contribution is 6.01. The second kappa shape index (κ2) is 7.62. The molecule has 0 saturated heterocycles. The SMILES string of the molecule is CCCC(=O)C1=CC2=C(CC1(C)C)Oc1c(OC)c(O)c3cc4ccccc4nc3c1C2C. The van der Waals surface area contributed by atoms with Crippen molar-refractivity contribution in [3.63, 3.8) is 0 Å². The quantitative estimate of drug-likeness (QED) is 0.461. The van der Waals surface area contributed by atoms with Crippen LogP contribution in [-0.4, -0.2) is 23.0 Å². The van der Waals surface area contributed by atoms with Gasteiger partial charge in [-0.3, -0.25) is 4.79 Å². The average molecular weight is 444 g/mol. The minimum absolute atomic E-state index is 0.0326. The first-order valence-electron chi connectivity index (χ1n) is 11.6. The van der Waals surface area contributed by atoms with Crippen LogP contribution in [-0.2, 0) is 4.79 Å². The fourth-order valence-corrected chi connectivity index (χ4v) is 5.24. The summed E-state index contributed by atoms with van der Waals surface area (Å²) in [7, 11) is 1.54.